The Hall–Kier alpha value is -1.13. The average Bonchev–Trinajstić information content (AvgIpc) is 3.00. The number of thiophene rings is 1. The van der Waals surface area contributed by atoms with E-state index < -0.39 is 0 Å². The van der Waals surface area contributed by atoms with Crippen molar-refractivity contribution in [2.45, 2.75) is 39.3 Å². The van der Waals surface area contributed by atoms with Gasteiger partial charge in [0, 0.05) is 24.3 Å². The minimum atomic E-state index is 0.371. The fraction of sp³-hybridized carbons (Fsp3) is 0.500. The van der Waals surface area contributed by atoms with Crippen molar-refractivity contribution in [1.82, 2.24) is 15.1 Å². The second-order valence-electron chi connectivity index (χ2n) is 4.48. The van der Waals surface area contributed by atoms with Gasteiger partial charge in [-0.3, -0.25) is 4.68 Å². The van der Waals surface area contributed by atoms with Crippen LogP contribution in [0.2, 0.25) is 0 Å². The summed E-state index contributed by atoms with van der Waals surface area (Å²) in [6.45, 7) is 6.30. The van der Waals surface area contributed by atoms with Crippen molar-refractivity contribution in [3.63, 3.8) is 0 Å². The quantitative estimate of drug-likeness (QED) is 0.831. The molecular weight excluding hydrogens is 242 g/mol. The molecule has 4 heteroatoms. The topological polar surface area (TPSA) is 29.9 Å². The van der Waals surface area contributed by atoms with E-state index in [0.717, 1.165) is 25.9 Å². The van der Waals surface area contributed by atoms with Crippen LogP contribution in [0.1, 0.15) is 37.4 Å². The zero-order valence-electron chi connectivity index (χ0n) is 11.1. The largest absolute Gasteiger partial charge is 0.310 e. The van der Waals surface area contributed by atoms with Crippen LogP contribution in [-0.2, 0) is 13.0 Å². The van der Waals surface area contributed by atoms with E-state index in [4.69, 9.17) is 0 Å². The van der Waals surface area contributed by atoms with E-state index in [0.29, 0.717) is 6.04 Å². The van der Waals surface area contributed by atoms with Gasteiger partial charge in [0.05, 0.1) is 6.20 Å². The second-order valence-corrected chi connectivity index (χ2v) is 5.26. The van der Waals surface area contributed by atoms with E-state index in [-0.39, 0.29) is 0 Å². The predicted octanol–water partition coefficient (Wildman–Crippen LogP) is 3.25. The fourth-order valence-electron chi connectivity index (χ4n) is 2.11. The summed E-state index contributed by atoms with van der Waals surface area (Å²) in [6.07, 6.45) is 6.32. The number of aryl methyl sites for hydroxylation is 1. The standard InChI is InChI=1S/C14H21N3S/c1-3-6-17-10-13(9-16-17)14(15-4-2)8-12-5-7-18-11-12/h5,7,9-11,14-15H,3-4,6,8H2,1-2H3. The van der Waals surface area contributed by atoms with Crippen LogP contribution in [-0.4, -0.2) is 16.3 Å². The average molecular weight is 263 g/mol. The van der Waals surface area contributed by atoms with Crippen molar-refractivity contribution in [3.05, 3.63) is 40.3 Å². The Morgan fingerprint density at radius 3 is 3.00 bits per heavy atom. The van der Waals surface area contributed by atoms with E-state index >= 15 is 0 Å². The number of hydrogen-bond donors (Lipinski definition) is 1. The van der Waals surface area contributed by atoms with Crippen molar-refractivity contribution in [3.8, 4) is 0 Å². The third-order valence-corrected chi connectivity index (χ3v) is 3.71. The third kappa shape index (κ3) is 3.43. The molecule has 0 aromatic carbocycles. The lowest BCUT2D eigenvalue weighted by Crippen LogP contribution is -2.22. The molecule has 98 valence electrons. The highest BCUT2D eigenvalue weighted by Crippen LogP contribution is 2.19. The molecule has 0 radical (unpaired) electrons. The minimum Gasteiger partial charge on any atom is -0.310 e. The molecule has 0 aliphatic carbocycles. The van der Waals surface area contributed by atoms with Crippen molar-refractivity contribution < 1.29 is 0 Å². The summed E-state index contributed by atoms with van der Waals surface area (Å²) in [5, 5.41) is 12.3. The Morgan fingerprint density at radius 1 is 1.44 bits per heavy atom. The monoisotopic (exact) mass is 263 g/mol. The van der Waals surface area contributed by atoms with Crippen LogP contribution in [0.25, 0.3) is 0 Å². The van der Waals surface area contributed by atoms with Gasteiger partial charge in [0.15, 0.2) is 0 Å². The number of nitrogens with zero attached hydrogens (tertiary/aromatic N) is 2. The minimum absolute atomic E-state index is 0.371. The summed E-state index contributed by atoms with van der Waals surface area (Å²) in [5.41, 5.74) is 2.69. The van der Waals surface area contributed by atoms with E-state index in [1.165, 1.54) is 11.1 Å². The molecule has 3 nitrogen and oxygen atoms in total. The van der Waals surface area contributed by atoms with Gasteiger partial charge in [-0.2, -0.15) is 16.4 Å². The molecule has 1 atom stereocenters. The summed E-state index contributed by atoms with van der Waals surface area (Å²) in [6, 6.07) is 2.57. The maximum absolute atomic E-state index is 4.42. The highest BCUT2D eigenvalue weighted by Gasteiger charge is 2.13. The van der Waals surface area contributed by atoms with E-state index in [1.54, 1.807) is 11.3 Å². The molecule has 0 saturated carbocycles. The molecule has 0 aliphatic rings. The first-order valence-electron chi connectivity index (χ1n) is 6.60. The SMILES string of the molecule is CCCn1cc(C(Cc2ccsc2)NCC)cn1. The summed E-state index contributed by atoms with van der Waals surface area (Å²) >= 11 is 1.76. The van der Waals surface area contributed by atoms with Crippen LogP contribution in [0, 0.1) is 0 Å². The van der Waals surface area contributed by atoms with Gasteiger partial charge in [-0.25, -0.2) is 0 Å². The molecule has 18 heavy (non-hydrogen) atoms. The van der Waals surface area contributed by atoms with E-state index in [2.05, 4.69) is 47.3 Å². The summed E-state index contributed by atoms with van der Waals surface area (Å²) in [4.78, 5) is 0. The number of nitrogens with one attached hydrogen (secondary N) is 1. The van der Waals surface area contributed by atoms with Crippen LogP contribution < -0.4 is 5.32 Å². The van der Waals surface area contributed by atoms with Gasteiger partial charge in [0.1, 0.15) is 0 Å². The first-order valence-corrected chi connectivity index (χ1v) is 7.54. The molecular formula is C14H21N3S. The number of rotatable bonds is 7. The van der Waals surface area contributed by atoms with Gasteiger partial charge < -0.3 is 5.32 Å². The van der Waals surface area contributed by atoms with Gasteiger partial charge in [-0.1, -0.05) is 13.8 Å². The van der Waals surface area contributed by atoms with Crippen LogP contribution in [0.3, 0.4) is 0 Å². The molecule has 2 rings (SSSR count). The highest BCUT2D eigenvalue weighted by molar-refractivity contribution is 7.07. The smallest absolute Gasteiger partial charge is 0.0537 e. The molecule has 2 heterocycles. The summed E-state index contributed by atoms with van der Waals surface area (Å²) < 4.78 is 2.04. The van der Waals surface area contributed by atoms with Gasteiger partial charge in [0.25, 0.3) is 0 Å². The summed E-state index contributed by atoms with van der Waals surface area (Å²) in [7, 11) is 0. The maximum Gasteiger partial charge on any atom is 0.0537 e. The molecule has 0 aliphatic heterocycles. The third-order valence-electron chi connectivity index (χ3n) is 2.98. The van der Waals surface area contributed by atoms with Gasteiger partial charge >= 0.3 is 0 Å². The number of aromatic nitrogens is 2. The lowest BCUT2D eigenvalue weighted by Gasteiger charge is -2.15. The lowest BCUT2D eigenvalue weighted by molar-refractivity contribution is 0.547. The molecule has 0 amide bonds. The van der Waals surface area contributed by atoms with Crippen molar-refractivity contribution >= 4 is 11.3 Å². The van der Waals surface area contributed by atoms with Crippen molar-refractivity contribution in [1.29, 1.82) is 0 Å². The number of hydrogen-bond acceptors (Lipinski definition) is 3. The zero-order chi connectivity index (χ0) is 12.8. The highest BCUT2D eigenvalue weighted by atomic mass is 32.1. The van der Waals surface area contributed by atoms with Gasteiger partial charge in [-0.05, 0) is 41.8 Å². The predicted molar refractivity (Wildman–Crippen MR) is 77.0 cm³/mol. The van der Waals surface area contributed by atoms with Crippen LogP contribution >= 0.6 is 11.3 Å². The van der Waals surface area contributed by atoms with Crippen LogP contribution in [0.4, 0.5) is 0 Å². The molecule has 1 N–H and O–H groups in total. The first kappa shape index (κ1) is 13.3. The number of likely N-dealkylation sites (N-methyl/N-ethyl adjacent to an activating group) is 1. The van der Waals surface area contributed by atoms with Crippen LogP contribution in [0.5, 0.6) is 0 Å². The van der Waals surface area contributed by atoms with Crippen molar-refractivity contribution in [2.24, 2.45) is 0 Å². The van der Waals surface area contributed by atoms with Gasteiger partial charge in [-0.15, -0.1) is 0 Å². The Labute approximate surface area is 113 Å². The lowest BCUT2D eigenvalue weighted by atomic mass is 10.0. The van der Waals surface area contributed by atoms with Crippen LogP contribution in [0.15, 0.2) is 29.2 Å². The van der Waals surface area contributed by atoms with E-state index in [9.17, 15) is 0 Å². The molecule has 0 bridgehead atoms. The Morgan fingerprint density at radius 2 is 2.33 bits per heavy atom. The van der Waals surface area contributed by atoms with Crippen molar-refractivity contribution in [2.75, 3.05) is 6.54 Å². The Kier molecular flexibility index (Phi) is 4.96. The molecule has 0 spiro atoms. The maximum atomic E-state index is 4.42. The first-order chi connectivity index (χ1) is 8.83. The molecule has 2 aromatic rings. The Bertz CT molecular complexity index is 447. The molecule has 1 unspecified atom stereocenters. The molecule has 2 aromatic heterocycles. The summed E-state index contributed by atoms with van der Waals surface area (Å²) in [5.74, 6) is 0. The molecule has 0 fully saturated rings. The zero-order valence-corrected chi connectivity index (χ0v) is 11.9. The Balaban J connectivity index is 2.07. The second kappa shape index (κ2) is 6.71. The van der Waals surface area contributed by atoms with E-state index in [1.807, 2.05) is 10.9 Å². The fourth-order valence-corrected chi connectivity index (χ4v) is 2.79. The molecule has 0 saturated heterocycles. The van der Waals surface area contributed by atoms with Gasteiger partial charge in [0.2, 0.25) is 0 Å². The normalized spacial score (nSPS) is 12.8.